The zero-order valence-corrected chi connectivity index (χ0v) is 21.1. The summed E-state index contributed by atoms with van der Waals surface area (Å²) in [5.41, 5.74) is 2.04. The van der Waals surface area contributed by atoms with Gasteiger partial charge in [0.15, 0.2) is 0 Å². The first-order valence-electron chi connectivity index (χ1n) is 12.4. The molecule has 34 heavy (non-hydrogen) atoms. The fraction of sp³-hybridized carbons (Fsp3) is 0.577. The average molecular weight is 481 g/mol. The maximum atomic E-state index is 13.9. The van der Waals surface area contributed by atoms with E-state index in [9.17, 15) is 4.21 Å². The maximum Gasteiger partial charge on any atom is 0.118 e. The van der Waals surface area contributed by atoms with E-state index in [0.29, 0.717) is 36.4 Å². The van der Waals surface area contributed by atoms with E-state index in [2.05, 4.69) is 46.3 Å². The van der Waals surface area contributed by atoms with E-state index in [1.54, 1.807) is 6.34 Å². The maximum absolute atomic E-state index is 13.9. The van der Waals surface area contributed by atoms with Crippen LogP contribution in [0.25, 0.3) is 0 Å². The average Bonchev–Trinajstić information content (AvgIpc) is 3.33. The summed E-state index contributed by atoms with van der Waals surface area (Å²) in [5.74, 6) is 2.81. The summed E-state index contributed by atoms with van der Waals surface area (Å²) in [7, 11) is -0.131. The molecule has 1 aromatic rings. The minimum absolute atomic E-state index is 0.0908. The van der Waals surface area contributed by atoms with Gasteiger partial charge in [0, 0.05) is 18.3 Å². The molecule has 0 aromatic heterocycles. The molecule has 1 aliphatic carbocycles. The van der Waals surface area contributed by atoms with Crippen LogP contribution in [0.2, 0.25) is 0 Å². The highest BCUT2D eigenvalue weighted by Gasteiger charge is 2.36. The lowest BCUT2D eigenvalue weighted by atomic mass is 9.86. The topological polar surface area (TPSA) is 93.2 Å². The second-order valence-electron chi connectivity index (χ2n) is 9.65. The number of nitrogens with zero attached hydrogens (tertiary/aromatic N) is 5. The molecule has 7 nitrogen and oxygen atoms in total. The molecule has 1 aromatic carbocycles. The molecule has 3 unspecified atom stereocenters. The Labute approximate surface area is 204 Å². The molecule has 182 valence electrons. The number of amidine groups is 1. The van der Waals surface area contributed by atoms with Gasteiger partial charge in [-0.2, -0.15) is 5.26 Å². The normalized spacial score (nSPS) is 27.4. The predicted molar refractivity (Wildman–Crippen MR) is 139 cm³/mol. The van der Waals surface area contributed by atoms with Crippen molar-refractivity contribution in [3.05, 3.63) is 47.7 Å². The summed E-state index contributed by atoms with van der Waals surface area (Å²) in [6.07, 6.45) is 11.5. The summed E-state index contributed by atoms with van der Waals surface area (Å²) in [6.45, 7) is 2.73. The van der Waals surface area contributed by atoms with Gasteiger partial charge in [0.25, 0.3) is 0 Å². The van der Waals surface area contributed by atoms with Crippen LogP contribution < -0.4 is 5.32 Å². The van der Waals surface area contributed by atoms with Crippen molar-refractivity contribution in [3.8, 4) is 6.07 Å². The Bertz CT molecular complexity index is 1090. The van der Waals surface area contributed by atoms with Gasteiger partial charge in [-0.1, -0.05) is 37.3 Å². The van der Waals surface area contributed by atoms with Crippen LogP contribution in [0.1, 0.15) is 50.2 Å². The van der Waals surface area contributed by atoms with Crippen molar-refractivity contribution in [2.75, 3.05) is 19.3 Å². The second-order valence-corrected chi connectivity index (χ2v) is 12.1. The van der Waals surface area contributed by atoms with Gasteiger partial charge in [0.1, 0.15) is 18.3 Å². The van der Waals surface area contributed by atoms with E-state index in [1.165, 1.54) is 0 Å². The lowest BCUT2D eigenvalue weighted by Gasteiger charge is -2.40. The summed E-state index contributed by atoms with van der Waals surface area (Å²) in [6, 6.07) is 10.6. The quantitative estimate of drug-likeness (QED) is 0.575. The molecule has 0 radical (unpaired) electrons. The molecule has 0 amide bonds. The Kier molecular flexibility index (Phi) is 8.17. The first-order valence-corrected chi connectivity index (χ1v) is 14.2. The molecular formula is C26H36N6OS. The monoisotopic (exact) mass is 480 g/mol. The van der Waals surface area contributed by atoms with E-state index < -0.39 is 9.73 Å². The molecule has 4 rings (SSSR count). The molecule has 1 N–H and O–H groups in total. The minimum Gasteiger partial charge on any atom is -0.350 e. The highest BCUT2D eigenvalue weighted by atomic mass is 32.2. The van der Waals surface area contributed by atoms with Crippen molar-refractivity contribution >= 4 is 21.9 Å². The number of fused-ring (bicyclic) bond motifs is 1. The van der Waals surface area contributed by atoms with Crippen LogP contribution in [0.15, 0.2) is 50.9 Å². The summed E-state index contributed by atoms with van der Waals surface area (Å²) < 4.78 is 18.6. The zero-order chi connectivity index (χ0) is 24.0. The van der Waals surface area contributed by atoms with Gasteiger partial charge >= 0.3 is 0 Å². The Balaban J connectivity index is 1.36. The van der Waals surface area contributed by atoms with Gasteiger partial charge in [-0.15, -0.1) is 0 Å². The highest BCUT2D eigenvalue weighted by molar-refractivity contribution is 7.92. The van der Waals surface area contributed by atoms with Gasteiger partial charge in [0.2, 0.25) is 0 Å². The molecule has 3 aliphatic rings. The van der Waals surface area contributed by atoms with Crippen molar-refractivity contribution < 1.29 is 4.21 Å². The largest absolute Gasteiger partial charge is 0.350 e. The van der Waals surface area contributed by atoms with Gasteiger partial charge in [0.05, 0.1) is 33.9 Å². The molecule has 0 saturated heterocycles. The molecule has 2 heterocycles. The molecule has 0 spiro atoms. The van der Waals surface area contributed by atoms with E-state index >= 15 is 0 Å². The van der Waals surface area contributed by atoms with Crippen LogP contribution in [-0.4, -0.2) is 52.8 Å². The first-order chi connectivity index (χ1) is 16.5. The van der Waals surface area contributed by atoms with Crippen LogP contribution in [0.4, 0.5) is 0 Å². The molecule has 8 heteroatoms. The number of rotatable bonds is 9. The van der Waals surface area contributed by atoms with Crippen LogP contribution in [-0.2, 0) is 21.9 Å². The third kappa shape index (κ3) is 5.94. The van der Waals surface area contributed by atoms with E-state index in [4.69, 9.17) is 9.62 Å². The molecule has 1 saturated carbocycles. The predicted octanol–water partition coefficient (Wildman–Crippen LogP) is 4.12. The van der Waals surface area contributed by atoms with Crippen LogP contribution in [0, 0.1) is 23.2 Å². The molecular weight excluding hydrogens is 444 g/mol. The van der Waals surface area contributed by atoms with Gasteiger partial charge in [-0.05, 0) is 62.4 Å². The van der Waals surface area contributed by atoms with Crippen molar-refractivity contribution in [2.24, 2.45) is 26.2 Å². The fourth-order valence-corrected chi connectivity index (χ4v) is 7.84. The minimum atomic E-state index is -2.31. The summed E-state index contributed by atoms with van der Waals surface area (Å²) in [5, 5.41) is 12.1. The van der Waals surface area contributed by atoms with Crippen LogP contribution in [0.5, 0.6) is 0 Å². The van der Waals surface area contributed by atoms with Crippen LogP contribution >= 0.6 is 0 Å². The standard InChI is InChI=1S/C26H36N6OS/c1-3-15-31-34(33,17-21-6-4-20(5-7-21)12-14-27)18-22-8-10-23(11-9-22)32(2)26-24-13-16-28-25(24)29-19-30-26/h4-7,13,16,19,22-24,26H,3,8-12,15,17-18H2,1-2H3,(H,28,29,30). The molecule has 3 atom stereocenters. The lowest BCUT2D eigenvalue weighted by Crippen LogP contribution is -2.48. The number of nitrogens with one attached hydrogen (secondary N) is 1. The highest BCUT2D eigenvalue weighted by Crippen LogP contribution is 2.32. The summed E-state index contributed by atoms with van der Waals surface area (Å²) >= 11 is 0. The van der Waals surface area contributed by atoms with Crippen molar-refractivity contribution in [1.82, 2.24) is 10.2 Å². The smallest absolute Gasteiger partial charge is 0.118 e. The third-order valence-electron chi connectivity index (χ3n) is 7.14. The lowest BCUT2D eigenvalue weighted by molar-refractivity contribution is 0.117. The molecule has 1 fully saturated rings. The number of hydrogen-bond acceptors (Lipinski definition) is 7. The van der Waals surface area contributed by atoms with E-state index in [1.807, 2.05) is 30.5 Å². The zero-order valence-electron chi connectivity index (χ0n) is 20.3. The van der Waals surface area contributed by atoms with E-state index in [0.717, 1.165) is 49.1 Å². The second kappa shape index (κ2) is 11.3. The number of hydrogen-bond donors (Lipinski definition) is 1. The van der Waals surface area contributed by atoms with Gasteiger partial charge in [-0.25, -0.2) is 13.6 Å². The Morgan fingerprint density at radius 1 is 1.21 bits per heavy atom. The van der Waals surface area contributed by atoms with Crippen LogP contribution in [0.3, 0.4) is 0 Å². The number of nitriles is 1. The number of aliphatic imine (C=N–C) groups is 2. The molecule has 2 aliphatic heterocycles. The summed E-state index contributed by atoms with van der Waals surface area (Å²) in [4.78, 5) is 11.4. The molecule has 0 bridgehead atoms. The van der Waals surface area contributed by atoms with Crippen molar-refractivity contribution in [1.29, 1.82) is 5.26 Å². The SMILES string of the molecule is CCCN=S(=O)(Cc1ccc(CC#N)cc1)CC1CCC(N(C)C2N=CN=C3NC=CC32)CC1. The Hall–Kier alpha value is -2.50. The van der Waals surface area contributed by atoms with E-state index in [-0.39, 0.29) is 12.1 Å². The number of benzene rings is 1. The van der Waals surface area contributed by atoms with Gasteiger partial charge < -0.3 is 5.32 Å². The van der Waals surface area contributed by atoms with Crippen molar-refractivity contribution in [3.63, 3.8) is 0 Å². The third-order valence-corrected chi connectivity index (χ3v) is 9.57. The first kappa shape index (κ1) is 24.6. The fourth-order valence-electron chi connectivity index (χ4n) is 5.23. The Morgan fingerprint density at radius 2 is 1.94 bits per heavy atom. The van der Waals surface area contributed by atoms with Crippen molar-refractivity contribution in [2.45, 2.75) is 63.4 Å². The van der Waals surface area contributed by atoms with Gasteiger partial charge in [-0.3, -0.25) is 9.89 Å². The Morgan fingerprint density at radius 3 is 2.65 bits per heavy atom.